The van der Waals surface area contributed by atoms with Crippen LogP contribution in [-0.4, -0.2) is 13.7 Å². The van der Waals surface area contributed by atoms with E-state index in [0.29, 0.717) is 18.7 Å². The number of methoxy groups -OCH3 is 1. The molecular weight excluding hydrogens is 344 g/mol. The van der Waals surface area contributed by atoms with E-state index in [-0.39, 0.29) is 17.6 Å². The van der Waals surface area contributed by atoms with Crippen LogP contribution >= 0.6 is 0 Å². The molecule has 0 saturated carbocycles. The zero-order valence-electron chi connectivity index (χ0n) is 15.3. The first-order valence-corrected chi connectivity index (χ1v) is 9.01. The van der Waals surface area contributed by atoms with Gasteiger partial charge in [-0.15, -0.1) is 0 Å². The van der Waals surface area contributed by atoms with Crippen molar-refractivity contribution in [2.24, 2.45) is 0 Å². The van der Waals surface area contributed by atoms with Gasteiger partial charge in [0.1, 0.15) is 17.4 Å². The summed E-state index contributed by atoms with van der Waals surface area (Å²) in [6.45, 7) is 1.19. The Balaban J connectivity index is 1.69. The summed E-state index contributed by atoms with van der Waals surface area (Å²) in [5.74, 6) is 0.471. The molecule has 0 aliphatic carbocycles. The maximum absolute atomic E-state index is 13.7. The average Bonchev–Trinajstić information content (AvgIpc) is 2.70. The molecule has 0 heterocycles. The largest absolute Gasteiger partial charge is 0.497 e. The molecule has 3 aromatic rings. The van der Waals surface area contributed by atoms with E-state index in [1.165, 1.54) is 18.2 Å². The van der Waals surface area contributed by atoms with Gasteiger partial charge < -0.3 is 10.1 Å². The van der Waals surface area contributed by atoms with E-state index in [0.717, 1.165) is 23.3 Å². The Kier molecular flexibility index (Phi) is 6.55. The van der Waals surface area contributed by atoms with E-state index in [9.17, 15) is 8.78 Å². The number of benzene rings is 3. The Morgan fingerprint density at radius 2 is 1.48 bits per heavy atom. The Morgan fingerprint density at radius 3 is 2.11 bits per heavy atom. The summed E-state index contributed by atoms with van der Waals surface area (Å²) in [6.07, 6.45) is 0.812. The van der Waals surface area contributed by atoms with Gasteiger partial charge in [-0.2, -0.15) is 0 Å². The van der Waals surface area contributed by atoms with Gasteiger partial charge in [-0.3, -0.25) is 0 Å². The van der Waals surface area contributed by atoms with Crippen LogP contribution in [0.3, 0.4) is 0 Å². The van der Waals surface area contributed by atoms with Crippen molar-refractivity contribution in [1.82, 2.24) is 5.32 Å². The fraction of sp³-hybridized carbons (Fsp3) is 0.217. The second-order valence-corrected chi connectivity index (χ2v) is 6.43. The highest BCUT2D eigenvalue weighted by atomic mass is 19.1. The minimum atomic E-state index is -0.245. The summed E-state index contributed by atoms with van der Waals surface area (Å²) in [5, 5.41) is 3.31. The molecule has 0 radical (unpaired) electrons. The molecular formula is C23H23F2NO. The molecule has 4 heteroatoms. The van der Waals surface area contributed by atoms with Crippen LogP contribution in [-0.2, 0) is 6.54 Å². The summed E-state index contributed by atoms with van der Waals surface area (Å²) in [6, 6.07) is 21.3. The summed E-state index contributed by atoms with van der Waals surface area (Å²) >= 11 is 0. The van der Waals surface area contributed by atoms with Crippen LogP contribution < -0.4 is 10.1 Å². The summed E-state index contributed by atoms with van der Waals surface area (Å²) < 4.78 is 32.3. The quantitative estimate of drug-likeness (QED) is 0.547. The fourth-order valence-corrected chi connectivity index (χ4v) is 3.17. The van der Waals surface area contributed by atoms with Gasteiger partial charge in [0.25, 0.3) is 0 Å². The molecule has 0 saturated heterocycles. The second-order valence-electron chi connectivity index (χ2n) is 6.43. The Labute approximate surface area is 158 Å². The van der Waals surface area contributed by atoms with Gasteiger partial charge in [0, 0.05) is 18.0 Å². The molecule has 0 unspecified atom stereocenters. The monoisotopic (exact) mass is 367 g/mol. The molecule has 0 aliphatic heterocycles. The van der Waals surface area contributed by atoms with Crippen LogP contribution in [0.15, 0.2) is 72.8 Å². The number of ether oxygens (including phenoxy) is 1. The van der Waals surface area contributed by atoms with Crippen molar-refractivity contribution < 1.29 is 13.5 Å². The normalized spacial score (nSPS) is 12.0. The van der Waals surface area contributed by atoms with E-state index >= 15 is 0 Å². The van der Waals surface area contributed by atoms with Crippen LogP contribution in [0.5, 0.6) is 5.75 Å². The van der Waals surface area contributed by atoms with E-state index in [4.69, 9.17) is 4.74 Å². The molecule has 140 valence electrons. The number of nitrogens with one attached hydrogen (secondary N) is 1. The zero-order chi connectivity index (χ0) is 19.1. The molecule has 0 bridgehead atoms. The third-order valence-corrected chi connectivity index (χ3v) is 4.67. The van der Waals surface area contributed by atoms with Crippen LogP contribution in [0.1, 0.15) is 29.0 Å². The lowest BCUT2D eigenvalue weighted by Crippen LogP contribution is -2.18. The Bertz CT molecular complexity index is 847. The fourth-order valence-electron chi connectivity index (χ4n) is 3.17. The maximum Gasteiger partial charge on any atom is 0.127 e. The number of hydrogen-bond donors (Lipinski definition) is 1. The Hall–Kier alpha value is -2.72. The van der Waals surface area contributed by atoms with Crippen LogP contribution in [0.25, 0.3) is 0 Å². The lowest BCUT2D eigenvalue weighted by Gasteiger charge is -2.19. The van der Waals surface area contributed by atoms with Crippen LogP contribution in [0, 0.1) is 11.6 Å². The molecule has 3 aromatic carbocycles. The predicted molar refractivity (Wildman–Crippen MR) is 104 cm³/mol. The van der Waals surface area contributed by atoms with Gasteiger partial charge in [0.2, 0.25) is 0 Å². The predicted octanol–water partition coefficient (Wildman–Crippen LogP) is 5.29. The highest BCUT2D eigenvalue weighted by Gasteiger charge is 2.14. The van der Waals surface area contributed by atoms with Crippen molar-refractivity contribution in [1.29, 1.82) is 0 Å². The van der Waals surface area contributed by atoms with Gasteiger partial charge in [-0.1, -0.05) is 42.5 Å². The van der Waals surface area contributed by atoms with Gasteiger partial charge in [0.05, 0.1) is 7.11 Å². The van der Waals surface area contributed by atoms with Crippen molar-refractivity contribution in [3.63, 3.8) is 0 Å². The minimum Gasteiger partial charge on any atom is -0.497 e. The molecule has 3 rings (SSSR count). The van der Waals surface area contributed by atoms with E-state index < -0.39 is 0 Å². The summed E-state index contributed by atoms with van der Waals surface area (Å²) in [5.41, 5.74) is 2.84. The van der Waals surface area contributed by atoms with Crippen LogP contribution in [0.4, 0.5) is 8.78 Å². The molecule has 1 atom stereocenters. The average molecular weight is 367 g/mol. The van der Waals surface area contributed by atoms with Crippen molar-refractivity contribution in [3.05, 3.63) is 101 Å². The third-order valence-electron chi connectivity index (χ3n) is 4.67. The standard InChI is InChI=1S/C23H23F2NO/c1-27-21-12-8-18(9-13-21)22(17-6-10-20(24)11-7-17)14-15-26-16-19-4-2-3-5-23(19)25/h2-13,22,26H,14-16H2,1H3/t22-/m1/s1. The van der Waals surface area contributed by atoms with Gasteiger partial charge in [-0.05, 0) is 54.4 Å². The zero-order valence-corrected chi connectivity index (χ0v) is 15.3. The SMILES string of the molecule is COc1ccc([C@H](CCNCc2ccccc2F)c2ccc(F)cc2)cc1. The van der Waals surface area contributed by atoms with Gasteiger partial charge >= 0.3 is 0 Å². The second kappa shape index (κ2) is 9.28. The first kappa shape index (κ1) is 19.1. The lowest BCUT2D eigenvalue weighted by molar-refractivity contribution is 0.414. The molecule has 0 aromatic heterocycles. The molecule has 0 aliphatic rings. The van der Waals surface area contributed by atoms with Crippen molar-refractivity contribution >= 4 is 0 Å². The molecule has 0 amide bonds. The van der Waals surface area contributed by atoms with Crippen molar-refractivity contribution in [3.8, 4) is 5.75 Å². The molecule has 27 heavy (non-hydrogen) atoms. The highest BCUT2D eigenvalue weighted by Crippen LogP contribution is 2.29. The topological polar surface area (TPSA) is 21.3 Å². The van der Waals surface area contributed by atoms with Gasteiger partial charge in [0.15, 0.2) is 0 Å². The smallest absolute Gasteiger partial charge is 0.127 e. The minimum absolute atomic E-state index is 0.115. The first-order valence-electron chi connectivity index (χ1n) is 9.01. The summed E-state index contributed by atoms with van der Waals surface area (Å²) in [4.78, 5) is 0. The van der Waals surface area contributed by atoms with Crippen LogP contribution in [0.2, 0.25) is 0 Å². The number of hydrogen-bond acceptors (Lipinski definition) is 2. The first-order chi connectivity index (χ1) is 13.2. The molecule has 0 fully saturated rings. The van der Waals surface area contributed by atoms with E-state index in [1.54, 1.807) is 19.2 Å². The number of rotatable bonds is 8. The van der Waals surface area contributed by atoms with Crippen molar-refractivity contribution in [2.75, 3.05) is 13.7 Å². The summed E-state index contributed by atoms with van der Waals surface area (Å²) in [7, 11) is 1.64. The lowest BCUT2D eigenvalue weighted by atomic mass is 9.88. The number of halogens is 2. The molecule has 2 nitrogen and oxygen atoms in total. The van der Waals surface area contributed by atoms with E-state index in [1.807, 2.05) is 42.5 Å². The molecule has 0 spiro atoms. The van der Waals surface area contributed by atoms with Gasteiger partial charge in [-0.25, -0.2) is 8.78 Å². The highest BCUT2D eigenvalue weighted by molar-refractivity contribution is 5.36. The molecule has 1 N–H and O–H groups in total. The van der Waals surface area contributed by atoms with Crippen molar-refractivity contribution in [2.45, 2.75) is 18.9 Å². The van der Waals surface area contributed by atoms with E-state index in [2.05, 4.69) is 5.32 Å². The Morgan fingerprint density at radius 1 is 0.852 bits per heavy atom. The maximum atomic E-state index is 13.7. The third kappa shape index (κ3) is 5.14.